The van der Waals surface area contributed by atoms with Gasteiger partial charge in [-0.25, -0.2) is 4.39 Å². The Morgan fingerprint density at radius 1 is 1.37 bits per heavy atom. The number of hydrogen-bond acceptors (Lipinski definition) is 3. The molecule has 3 N–H and O–H groups in total. The van der Waals surface area contributed by atoms with Crippen LogP contribution in [0.2, 0.25) is 5.02 Å². The maximum absolute atomic E-state index is 13.5. The van der Waals surface area contributed by atoms with E-state index >= 15 is 0 Å². The molecule has 1 heterocycles. The number of nitrogens with zero attached hydrogens (tertiary/aromatic N) is 1. The molecule has 100 valence electrons. The van der Waals surface area contributed by atoms with Gasteiger partial charge in [-0.2, -0.15) is 0 Å². The molecular weight excluding hydrogens is 333 g/mol. The summed E-state index contributed by atoms with van der Waals surface area (Å²) < 4.78 is 13.9. The van der Waals surface area contributed by atoms with Crippen LogP contribution in [-0.4, -0.2) is 4.98 Å². The van der Waals surface area contributed by atoms with Crippen molar-refractivity contribution in [3.8, 4) is 0 Å². The van der Waals surface area contributed by atoms with Crippen LogP contribution in [0.1, 0.15) is 17.3 Å². The van der Waals surface area contributed by atoms with Crippen molar-refractivity contribution in [3.05, 3.63) is 63.1 Å². The minimum absolute atomic E-state index is 0.285. The number of pyridine rings is 1. The lowest BCUT2D eigenvalue weighted by Gasteiger charge is -2.17. The molecule has 0 saturated heterocycles. The van der Waals surface area contributed by atoms with Crippen LogP contribution in [-0.2, 0) is 6.42 Å². The summed E-state index contributed by atoms with van der Waals surface area (Å²) >= 11 is 9.32. The number of benzene rings is 1. The maximum Gasteiger partial charge on any atom is 0.137 e. The quantitative estimate of drug-likeness (QED) is 0.660. The Kier molecular flexibility index (Phi) is 4.87. The summed E-state index contributed by atoms with van der Waals surface area (Å²) in [4.78, 5) is 4.21. The number of hydrogen-bond donors (Lipinski definition) is 2. The van der Waals surface area contributed by atoms with Crippen LogP contribution in [0.4, 0.5) is 4.39 Å². The zero-order valence-electron chi connectivity index (χ0n) is 9.91. The molecule has 0 radical (unpaired) electrons. The second-order valence-corrected chi connectivity index (χ2v) is 5.21. The summed E-state index contributed by atoms with van der Waals surface area (Å²) in [6.07, 6.45) is 2.12. The van der Waals surface area contributed by atoms with Gasteiger partial charge < -0.3 is 0 Å². The van der Waals surface area contributed by atoms with Crippen LogP contribution in [0.15, 0.2) is 41.0 Å². The molecule has 1 atom stereocenters. The third-order valence-electron chi connectivity index (χ3n) is 2.77. The summed E-state index contributed by atoms with van der Waals surface area (Å²) in [5, 5.41) is 0.526. The number of halogens is 3. The second kappa shape index (κ2) is 6.43. The van der Waals surface area contributed by atoms with Gasteiger partial charge in [-0.05, 0) is 46.1 Å². The van der Waals surface area contributed by atoms with Gasteiger partial charge in [0.15, 0.2) is 0 Å². The molecule has 0 aliphatic carbocycles. The summed E-state index contributed by atoms with van der Waals surface area (Å²) in [7, 11) is 0. The predicted molar refractivity (Wildman–Crippen MR) is 77.1 cm³/mol. The Balaban J connectivity index is 2.30. The first kappa shape index (κ1) is 14.4. The number of rotatable bonds is 4. The van der Waals surface area contributed by atoms with E-state index < -0.39 is 0 Å². The van der Waals surface area contributed by atoms with Gasteiger partial charge in [0.1, 0.15) is 5.82 Å². The fourth-order valence-corrected chi connectivity index (χ4v) is 2.49. The van der Waals surface area contributed by atoms with Crippen LogP contribution in [0.3, 0.4) is 0 Å². The summed E-state index contributed by atoms with van der Waals surface area (Å²) in [6.45, 7) is 0. The smallest absolute Gasteiger partial charge is 0.137 e. The van der Waals surface area contributed by atoms with E-state index in [0.717, 1.165) is 5.56 Å². The molecule has 0 saturated carbocycles. The molecule has 0 aliphatic heterocycles. The van der Waals surface area contributed by atoms with E-state index in [9.17, 15) is 4.39 Å². The van der Waals surface area contributed by atoms with Gasteiger partial charge in [0.25, 0.3) is 0 Å². The lowest BCUT2D eigenvalue weighted by atomic mass is 10.0. The third kappa shape index (κ3) is 3.30. The molecule has 2 aromatic rings. The van der Waals surface area contributed by atoms with Crippen LogP contribution < -0.4 is 11.3 Å². The van der Waals surface area contributed by atoms with E-state index in [2.05, 4.69) is 26.3 Å². The molecule has 1 aromatic carbocycles. The molecule has 3 nitrogen and oxygen atoms in total. The Morgan fingerprint density at radius 3 is 2.84 bits per heavy atom. The van der Waals surface area contributed by atoms with Crippen molar-refractivity contribution in [1.82, 2.24) is 10.4 Å². The summed E-state index contributed by atoms with van der Waals surface area (Å²) in [6, 6.07) is 8.09. The first-order chi connectivity index (χ1) is 9.13. The van der Waals surface area contributed by atoms with Crippen molar-refractivity contribution in [3.63, 3.8) is 0 Å². The predicted octanol–water partition coefficient (Wildman–Crippen LogP) is 3.38. The Bertz CT molecular complexity index is 580. The van der Waals surface area contributed by atoms with Crippen LogP contribution in [0, 0.1) is 5.82 Å². The topological polar surface area (TPSA) is 50.9 Å². The first-order valence-electron chi connectivity index (χ1n) is 5.63. The molecule has 0 fully saturated rings. The van der Waals surface area contributed by atoms with E-state index in [1.165, 1.54) is 6.07 Å². The van der Waals surface area contributed by atoms with Crippen molar-refractivity contribution in [2.75, 3.05) is 0 Å². The van der Waals surface area contributed by atoms with Crippen LogP contribution in [0.25, 0.3) is 0 Å². The van der Waals surface area contributed by atoms with Crippen LogP contribution >= 0.6 is 27.5 Å². The minimum Gasteiger partial charge on any atom is -0.271 e. The normalized spacial score (nSPS) is 12.4. The highest BCUT2D eigenvalue weighted by Gasteiger charge is 2.17. The van der Waals surface area contributed by atoms with Crippen molar-refractivity contribution in [2.45, 2.75) is 12.5 Å². The summed E-state index contributed by atoms with van der Waals surface area (Å²) in [5.74, 6) is 5.25. The van der Waals surface area contributed by atoms with Gasteiger partial charge in [0.2, 0.25) is 0 Å². The number of aromatic nitrogens is 1. The molecular formula is C13H12BrClFN3. The van der Waals surface area contributed by atoms with Gasteiger partial charge in [-0.3, -0.25) is 16.3 Å². The molecule has 1 unspecified atom stereocenters. The van der Waals surface area contributed by atoms with Gasteiger partial charge in [0, 0.05) is 6.20 Å². The number of nitrogens with one attached hydrogen (secondary N) is 1. The fourth-order valence-electron chi connectivity index (χ4n) is 1.81. The SMILES string of the molecule is NNC(Cc1cccc(F)c1Br)c1ncccc1Cl. The van der Waals surface area contributed by atoms with Gasteiger partial charge >= 0.3 is 0 Å². The molecule has 1 aromatic heterocycles. The van der Waals surface area contributed by atoms with Crippen molar-refractivity contribution in [1.29, 1.82) is 0 Å². The largest absolute Gasteiger partial charge is 0.271 e. The Morgan fingerprint density at radius 2 is 2.16 bits per heavy atom. The number of hydrazine groups is 1. The van der Waals surface area contributed by atoms with Gasteiger partial charge in [0.05, 0.1) is 21.2 Å². The highest BCUT2D eigenvalue weighted by atomic mass is 79.9. The molecule has 6 heteroatoms. The van der Waals surface area contributed by atoms with Crippen molar-refractivity contribution >= 4 is 27.5 Å². The van der Waals surface area contributed by atoms with Crippen LogP contribution in [0.5, 0.6) is 0 Å². The average molecular weight is 345 g/mol. The van der Waals surface area contributed by atoms with E-state index in [-0.39, 0.29) is 11.9 Å². The highest BCUT2D eigenvalue weighted by molar-refractivity contribution is 9.10. The van der Waals surface area contributed by atoms with E-state index in [1.54, 1.807) is 24.4 Å². The molecule has 0 aliphatic rings. The first-order valence-corrected chi connectivity index (χ1v) is 6.80. The molecule has 0 amide bonds. The summed E-state index contributed by atoms with van der Waals surface area (Å²) in [5.41, 5.74) is 4.10. The lowest BCUT2D eigenvalue weighted by molar-refractivity contribution is 0.534. The van der Waals surface area contributed by atoms with E-state index in [0.29, 0.717) is 21.6 Å². The molecule has 19 heavy (non-hydrogen) atoms. The molecule has 0 spiro atoms. The van der Waals surface area contributed by atoms with Gasteiger partial charge in [-0.1, -0.05) is 23.7 Å². The zero-order valence-corrected chi connectivity index (χ0v) is 12.2. The van der Waals surface area contributed by atoms with Crippen molar-refractivity contribution in [2.24, 2.45) is 5.84 Å². The molecule has 2 rings (SSSR count). The zero-order chi connectivity index (χ0) is 13.8. The van der Waals surface area contributed by atoms with Gasteiger partial charge in [-0.15, -0.1) is 0 Å². The monoisotopic (exact) mass is 343 g/mol. The molecule has 0 bridgehead atoms. The maximum atomic E-state index is 13.5. The lowest BCUT2D eigenvalue weighted by Crippen LogP contribution is -2.30. The standard InChI is InChI=1S/C13H12BrClFN3/c14-12-8(3-1-5-10(12)16)7-11(19-17)13-9(15)4-2-6-18-13/h1-6,11,19H,7,17H2. The fraction of sp³-hybridized carbons (Fsp3) is 0.154. The third-order valence-corrected chi connectivity index (χ3v) is 3.98. The highest BCUT2D eigenvalue weighted by Crippen LogP contribution is 2.27. The average Bonchev–Trinajstić information content (AvgIpc) is 2.41. The van der Waals surface area contributed by atoms with E-state index in [1.807, 2.05) is 6.07 Å². The number of nitrogens with two attached hydrogens (primary N) is 1. The minimum atomic E-state index is -0.305. The van der Waals surface area contributed by atoms with Crippen molar-refractivity contribution < 1.29 is 4.39 Å². The Hall–Kier alpha value is -1.01. The van der Waals surface area contributed by atoms with E-state index in [4.69, 9.17) is 17.4 Å². The second-order valence-electron chi connectivity index (χ2n) is 4.01. The Labute approximate surface area is 124 Å².